The maximum absolute atomic E-state index is 13.1. The second-order valence-electron chi connectivity index (χ2n) is 5.37. The van der Waals surface area contributed by atoms with Crippen molar-refractivity contribution in [2.45, 2.75) is 19.4 Å². The zero-order valence-corrected chi connectivity index (χ0v) is 11.8. The highest BCUT2D eigenvalue weighted by Gasteiger charge is 2.11. The van der Waals surface area contributed by atoms with Gasteiger partial charge in [-0.05, 0) is 42.7 Å². The summed E-state index contributed by atoms with van der Waals surface area (Å²) >= 11 is 0. The predicted molar refractivity (Wildman–Crippen MR) is 81.6 cm³/mol. The Morgan fingerprint density at radius 1 is 0.905 bits per heavy atom. The summed E-state index contributed by atoms with van der Waals surface area (Å²) in [5, 5.41) is 3.04. The van der Waals surface area contributed by atoms with E-state index in [1.165, 1.54) is 30.7 Å². The Hall–Kier alpha value is -2.10. The Kier molecular flexibility index (Phi) is 4.04. The molecule has 1 aliphatic rings. The summed E-state index contributed by atoms with van der Waals surface area (Å²) in [4.78, 5) is 2.37. The van der Waals surface area contributed by atoms with E-state index < -0.39 is 11.6 Å². The van der Waals surface area contributed by atoms with E-state index in [-0.39, 0.29) is 0 Å². The van der Waals surface area contributed by atoms with E-state index in [4.69, 9.17) is 0 Å². The van der Waals surface area contributed by atoms with Gasteiger partial charge in [0.05, 0.1) is 0 Å². The Balaban J connectivity index is 1.62. The van der Waals surface area contributed by atoms with E-state index in [2.05, 4.69) is 34.5 Å². The van der Waals surface area contributed by atoms with E-state index in [1.54, 1.807) is 0 Å². The molecule has 110 valence electrons. The van der Waals surface area contributed by atoms with Crippen LogP contribution in [0.2, 0.25) is 0 Å². The Morgan fingerprint density at radius 2 is 1.52 bits per heavy atom. The lowest BCUT2D eigenvalue weighted by Crippen LogP contribution is -2.17. The van der Waals surface area contributed by atoms with E-state index in [0.717, 1.165) is 24.7 Å². The summed E-state index contributed by atoms with van der Waals surface area (Å²) in [5.74, 6) is -1.14. The summed E-state index contributed by atoms with van der Waals surface area (Å²) in [6, 6.07) is 11.8. The Bertz CT molecular complexity index is 584. The number of halogens is 2. The van der Waals surface area contributed by atoms with E-state index in [0.29, 0.717) is 12.2 Å². The van der Waals surface area contributed by atoms with Crippen molar-refractivity contribution in [1.82, 2.24) is 0 Å². The molecule has 0 spiro atoms. The van der Waals surface area contributed by atoms with Crippen LogP contribution in [0, 0.1) is 11.6 Å². The van der Waals surface area contributed by atoms with Crippen molar-refractivity contribution in [1.29, 1.82) is 0 Å². The van der Waals surface area contributed by atoms with Crippen LogP contribution in [0.4, 0.5) is 20.2 Å². The van der Waals surface area contributed by atoms with Gasteiger partial charge < -0.3 is 10.2 Å². The number of hydrogen-bond acceptors (Lipinski definition) is 2. The fraction of sp³-hybridized carbons (Fsp3) is 0.294. The van der Waals surface area contributed by atoms with Crippen LogP contribution in [0.25, 0.3) is 0 Å². The molecule has 1 aliphatic heterocycles. The number of benzene rings is 2. The molecule has 4 heteroatoms. The highest BCUT2D eigenvalue weighted by Crippen LogP contribution is 2.21. The zero-order chi connectivity index (χ0) is 14.7. The second kappa shape index (κ2) is 6.12. The summed E-state index contributed by atoms with van der Waals surface area (Å²) in [7, 11) is 0. The SMILES string of the molecule is Fc1cc(F)cc(NCc2ccc(N3CCCC3)cc2)c1. The number of nitrogens with zero attached hydrogens (tertiary/aromatic N) is 1. The minimum absolute atomic E-state index is 0.455. The second-order valence-corrected chi connectivity index (χ2v) is 5.37. The van der Waals surface area contributed by atoms with E-state index in [9.17, 15) is 8.78 Å². The van der Waals surface area contributed by atoms with E-state index in [1.807, 2.05) is 0 Å². The van der Waals surface area contributed by atoms with Crippen LogP contribution in [-0.2, 0) is 6.54 Å². The molecule has 2 aromatic carbocycles. The van der Waals surface area contributed by atoms with Gasteiger partial charge >= 0.3 is 0 Å². The number of nitrogens with one attached hydrogen (secondary N) is 1. The zero-order valence-electron chi connectivity index (χ0n) is 11.8. The molecule has 2 nitrogen and oxygen atoms in total. The molecular weight excluding hydrogens is 270 g/mol. The first-order valence-electron chi connectivity index (χ1n) is 7.24. The topological polar surface area (TPSA) is 15.3 Å². The van der Waals surface area contributed by atoms with Crippen LogP contribution in [0.5, 0.6) is 0 Å². The van der Waals surface area contributed by atoms with Crippen LogP contribution in [0.15, 0.2) is 42.5 Å². The number of anilines is 2. The quantitative estimate of drug-likeness (QED) is 0.908. The molecule has 1 fully saturated rings. The third-order valence-corrected chi connectivity index (χ3v) is 3.77. The van der Waals surface area contributed by atoms with Crippen molar-refractivity contribution in [2.75, 3.05) is 23.3 Å². The van der Waals surface area contributed by atoms with Crippen molar-refractivity contribution >= 4 is 11.4 Å². The van der Waals surface area contributed by atoms with Crippen molar-refractivity contribution in [3.63, 3.8) is 0 Å². The Labute approximate surface area is 123 Å². The summed E-state index contributed by atoms with van der Waals surface area (Å²) in [5.41, 5.74) is 2.78. The van der Waals surface area contributed by atoms with Gasteiger partial charge in [-0.2, -0.15) is 0 Å². The molecular formula is C17H18F2N2. The molecule has 0 saturated carbocycles. The summed E-state index contributed by atoms with van der Waals surface area (Å²) in [6.45, 7) is 2.80. The van der Waals surface area contributed by atoms with Crippen molar-refractivity contribution < 1.29 is 8.78 Å². The van der Waals surface area contributed by atoms with Gasteiger partial charge in [-0.25, -0.2) is 8.78 Å². The molecule has 0 aromatic heterocycles. The fourth-order valence-corrected chi connectivity index (χ4v) is 2.66. The third-order valence-electron chi connectivity index (χ3n) is 3.77. The first-order valence-corrected chi connectivity index (χ1v) is 7.24. The fourth-order valence-electron chi connectivity index (χ4n) is 2.66. The normalized spacial score (nSPS) is 14.5. The lowest BCUT2D eigenvalue weighted by atomic mass is 10.2. The highest BCUT2D eigenvalue weighted by molar-refractivity contribution is 5.49. The summed E-state index contributed by atoms with van der Waals surface area (Å²) in [6.07, 6.45) is 2.52. The average Bonchev–Trinajstić information content (AvgIpc) is 2.99. The van der Waals surface area contributed by atoms with Gasteiger partial charge in [-0.3, -0.25) is 0 Å². The molecule has 0 aliphatic carbocycles. The van der Waals surface area contributed by atoms with Crippen molar-refractivity contribution in [3.05, 3.63) is 59.7 Å². The highest BCUT2D eigenvalue weighted by atomic mass is 19.1. The first kappa shape index (κ1) is 13.9. The van der Waals surface area contributed by atoms with Gasteiger partial charge in [-0.1, -0.05) is 12.1 Å². The van der Waals surface area contributed by atoms with Gasteiger partial charge in [-0.15, -0.1) is 0 Å². The smallest absolute Gasteiger partial charge is 0.128 e. The molecule has 0 bridgehead atoms. The number of rotatable bonds is 4. The van der Waals surface area contributed by atoms with Gasteiger partial charge in [0, 0.05) is 37.1 Å². The molecule has 0 radical (unpaired) electrons. The van der Waals surface area contributed by atoms with Crippen LogP contribution >= 0.6 is 0 Å². The van der Waals surface area contributed by atoms with Crippen LogP contribution in [-0.4, -0.2) is 13.1 Å². The molecule has 21 heavy (non-hydrogen) atoms. The van der Waals surface area contributed by atoms with Gasteiger partial charge in [0.1, 0.15) is 11.6 Å². The molecule has 0 unspecified atom stereocenters. The standard InChI is InChI=1S/C17H18F2N2/c18-14-9-15(19)11-16(10-14)20-12-13-3-5-17(6-4-13)21-7-1-2-8-21/h3-6,9-11,20H,1-2,7-8,12H2. The molecule has 1 saturated heterocycles. The third kappa shape index (κ3) is 3.51. The van der Waals surface area contributed by atoms with Crippen LogP contribution in [0.1, 0.15) is 18.4 Å². The van der Waals surface area contributed by atoms with Crippen LogP contribution < -0.4 is 10.2 Å². The van der Waals surface area contributed by atoms with Gasteiger partial charge in [0.15, 0.2) is 0 Å². The largest absolute Gasteiger partial charge is 0.381 e. The average molecular weight is 288 g/mol. The van der Waals surface area contributed by atoms with E-state index >= 15 is 0 Å². The number of hydrogen-bond donors (Lipinski definition) is 1. The Morgan fingerprint density at radius 3 is 2.14 bits per heavy atom. The lowest BCUT2D eigenvalue weighted by Gasteiger charge is -2.17. The van der Waals surface area contributed by atoms with Crippen LogP contribution in [0.3, 0.4) is 0 Å². The summed E-state index contributed by atoms with van der Waals surface area (Å²) < 4.78 is 26.2. The monoisotopic (exact) mass is 288 g/mol. The maximum Gasteiger partial charge on any atom is 0.128 e. The molecule has 0 amide bonds. The molecule has 2 aromatic rings. The molecule has 0 atom stereocenters. The van der Waals surface area contributed by atoms with Gasteiger partial charge in [0.2, 0.25) is 0 Å². The maximum atomic E-state index is 13.1. The predicted octanol–water partition coefficient (Wildman–Crippen LogP) is 4.18. The minimum Gasteiger partial charge on any atom is -0.381 e. The molecule has 1 heterocycles. The van der Waals surface area contributed by atoms with Crippen molar-refractivity contribution in [3.8, 4) is 0 Å². The van der Waals surface area contributed by atoms with Gasteiger partial charge in [0.25, 0.3) is 0 Å². The minimum atomic E-state index is -0.568. The molecule has 3 rings (SSSR count). The first-order chi connectivity index (χ1) is 10.2. The lowest BCUT2D eigenvalue weighted by molar-refractivity contribution is 0.584. The molecule has 1 N–H and O–H groups in total. The van der Waals surface area contributed by atoms with Crippen molar-refractivity contribution in [2.24, 2.45) is 0 Å².